The van der Waals surface area contributed by atoms with Gasteiger partial charge < -0.3 is 5.32 Å². The van der Waals surface area contributed by atoms with Crippen molar-refractivity contribution in [2.75, 3.05) is 6.54 Å². The van der Waals surface area contributed by atoms with Crippen LogP contribution in [0, 0.1) is 5.92 Å². The van der Waals surface area contributed by atoms with E-state index >= 15 is 0 Å². The lowest BCUT2D eigenvalue weighted by atomic mass is 9.94. The van der Waals surface area contributed by atoms with Gasteiger partial charge in [0.05, 0.1) is 5.69 Å². The molecule has 1 aromatic carbocycles. The standard InChI is InChI=1S/C17H21N3/c1-2-4-14(5-3-1)12-18-13-15-6-8-16(9-7-15)17-10-11-19-20-17/h1-2,6-11,14,18H,3-5,12-13H2,(H,19,20). The second-order valence-corrected chi connectivity index (χ2v) is 5.45. The summed E-state index contributed by atoms with van der Waals surface area (Å²) in [6.07, 6.45) is 10.2. The Morgan fingerprint density at radius 1 is 1.15 bits per heavy atom. The topological polar surface area (TPSA) is 40.7 Å². The number of rotatable bonds is 5. The number of hydrogen-bond donors (Lipinski definition) is 2. The fourth-order valence-corrected chi connectivity index (χ4v) is 2.68. The molecule has 0 amide bonds. The van der Waals surface area contributed by atoms with Crippen LogP contribution in [-0.2, 0) is 6.54 Å². The molecule has 1 unspecified atom stereocenters. The zero-order chi connectivity index (χ0) is 13.6. The molecule has 104 valence electrons. The molecule has 0 saturated carbocycles. The number of aromatic amines is 1. The van der Waals surface area contributed by atoms with Crippen LogP contribution in [0.2, 0.25) is 0 Å². The lowest BCUT2D eigenvalue weighted by molar-refractivity contribution is 0.440. The van der Waals surface area contributed by atoms with E-state index in [1.165, 1.54) is 30.4 Å². The zero-order valence-corrected chi connectivity index (χ0v) is 11.7. The largest absolute Gasteiger partial charge is 0.312 e. The van der Waals surface area contributed by atoms with Crippen molar-refractivity contribution in [1.82, 2.24) is 15.5 Å². The second-order valence-electron chi connectivity index (χ2n) is 5.45. The summed E-state index contributed by atoms with van der Waals surface area (Å²) in [5.41, 5.74) is 3.58. The first-order valence-corrected chi connectivity index (χ1v) is 7.36. The molecule has 3 rings (SSSR count). The van der Waals surface area contributed by atoms with Crippen LogP contribution in [0.1, 0.15) is 24.8 Å². The van der Waals surface area contributed by atoms with E-state index in [9.17, 15) is 0 Å². The Labute approximate surface area is 120 Å². The molecule has 1 aliphatic carbocycles. The summed E-state index contributed by atoms with van der Waals surface area (Å²) in [6, 6.07) is 10.7. The van der Waals surface area contributed by atoms with Crippen LogP contribution >= 0.6 is 0 Å². The number of aromatic nitrogens is 2. The van der Waals surface area contributed by atoms with Crippen molar-refractivity contribution in [3.8, 4) is 11.3 Å². The molecule has 20 heavy (non-hydrogen) atoms. The molecule has 2 N–H and O–H groups in total. The maximum atomic E-state index is 3.98. The molecule has 0 bridgehead atoms. The summed E-state index contributed by atoms with van der Waals surface area (Å²) in [5.74, 6) is 0.810. The van der Waals surface area contributed by atoms with E-state index in [2.05, 4.69) is 51.9 Å². The highest BCUT2D eigenvalue weighted by Crippen LogP contribution is 2.18. The molecule has 1 aliphatic rings. The average Bonchev–Trinajstić information content (AvgIpc) is 3.03. The van der Waals surface area contributed by atoms with E-state index in [4.69, 9.17) is 0 Å². The van der Waals surface area contributed by atoms with Crippen LogP contribution in [0.15, 0.2) is 48.7 Å². The van der Waals surface area contributed by atoms with Crippen molar-refractivity contribution in [2.24, 2.45) is 5.92 Å². The maximum absolute atomic E-state index is 3.98. The summed E-state index contributed by atoms with van der Waals surface area (Å²) in [4.78, 5) is 0. The number of hydrogen-bond acceptors (Lipinski definition) is 2. The first kappa shape index (κ1) is 13.1. The predicted molar refractivity (Wildman–Crippen MR) is 82.2 cm³/mol. The van der Waals surface area contributed by atoms with E-state index in [1.54, 1.807) is 6.20 Å². The monoisotopic (exact) mass is 267 g/mol. The van der Waals surface area contributed by atoms with Gasteiger partial charge in [-0.2, -0.15) is 5.10 Å². The van der Waals surface area contributed by atoms with Gasteiger partial charge in [-0.15, -0.1) is 0 Å². The summed E-state index contributed by atoms with van der Waals surface area (Å²) < 4.78 is 0. The molecule has 0 saturated heterocycles. The first-order chi connectivity index (χ1) is 9.92. The van der Waals surface area contributed by atoms with Gasteiger partial charge in [0.15, 0.2) is 0 Å². The number of allylic oxidation sites excluding steroid dienone is 2. The minimum atomic E-state index is 0.810. The lowest BCUT2D eigenvalue weighted by Gasteiger charge is -2.18. The Bertz CT molecular complexity index is 540. The highest BCUT2D eigenvalue weighted by Gasteiger charge is 2.08. The zero-order valence-electron chi connectivity index (χ0n) is 11.7. The van der Waals surface area contributed by atoms with E-state index in [0.717, 1.165) is 24.7 Å². The SMILES string of the molecule is C1=CCC(CNCc2ccc(-c3ccn[nH]3)cc2)CC1. The Kier molecular flexibility index (Phi) is 4.28. The maximum Gasteiger partial charge on any atom is 0.0650 e. The molecular formula is C17H21N3. The van der Waals surface area contributed by atoms with Gasteiger partial charge in [-0.25, -0.2) is 0 Å². The third-order valence-corrected chi connectivity index (χ3v) is 3.91. The molecule has 1 heterocycles. The van der Waals surface area contributed by atoms with E-state index in [-0.39, 0.29) is 0 Å². The summed E-state index contributed by atoms with van der Waals surface area (Å²) >= 11 is 0. The number of nitrogens with one attached hydrogen (secondary N) is 2. The van der Waals surface area contributed by atoms with Crippen LogP contribution in [0.3, 0.4) is 0 Å². The summed E-state index contributed by atoms with van der Waals surface area (Å²) in [6.45, 7) is 2.07. The van der Waals surface area contributed by atoms with Crippen molar-refractivity contribution in [3.63, 3.8) is 0 Å². The van der Waals surface area contributed by atoms with Gasteiger partial charge in [-0.3, -0.25) is 5.10 Å². The summed E-state index contributed by atoms with van der Waals surface area (Å²) in [7, 11) is 0. The average molecular weight is 267 g/mol. The molecule has 3 nitrogen and oxygen atoms in total. The number of H-pyrrole nitrogens is 1. The molecular weight excluding hydrogens is 246 g/mol. The van der Waals surface area contributed by atoms with Gasteiger partial charge in [0.25, 0.3) is 0 Å². The van der Waals surface area contributed by atoms with Crippen LogP contribution in [-0.4, -0.2) is 16.7 Å². The third kappa shape index (κ3) is 3.36. The van der Waals surface area contributed by atoms with Gasteiger partial charge in [0.1, 0.15) is 0 Å². The van der Waals surface area contributed by atoms with E-state index < -0.39 is 0 Å². The van der Waals surface area contributed by atoms with Crippen LogP contribution in [0.5, 0.6) is 0 Å². The molecule has 1 atom stereocenters. The van der Waals surface area contributed by atoms with Gasteiger partial charge in [-0.1, -0.05) is 36.4 Å². The van der Waals surface area contributed by atoms with Crippen molar-refractivity contribution < 1.29 is 0 Å². The smallest absolute Gasteiger partial charge is 0.0650 e. The minimum Gasteiger partial charge on any atom is -0.312 e. The highest BCUT2D eigenvalue weighted by molar-refractivity contribution is 5.58. The fourth-order valence-electron chi connectivity index (χ4n) is 2.68. The molecule has 0 aliphatic heterocycles. The van der Waals surface area contributed by atoms with E-state index in [1.807, 2.05) is 6.07 Å². The predicted octanol–water partition coefficient (Wildman–Crippen LogP) is 3.52. The highest BCUT2D eigenvalue weighted by atomic mass is 15.1. The Balaban J connectivity index is 1.49. The van der Waals surface area contributed by atoms with Gasteiger partial charge in [-0.05, 0) is 48.9 Å². The summed E-state index contributed by atoms with van der Waals surface area (Å²) in [5, 5.41) is 10.5. The molecule has 0 radical (unpaired) electrons. The van der Waals surface area contributed by atoms with Crippen LogP contribution in [0.25, 0.3) is 11.3 Å². The quantitative estimate of drug-likeness (QED) is 0.814. The Hall–Kier alpha value is -1.87. The van der Waals surface area contributed by atoms with Crippen LogP contribution in [0.4, 0.5) is 0 Å². The van der Waals surface area contributed by atoms with Crippen molar-refractivity contribution in [2.45, 2.75) is 25.8 Å². The first-order valence-electron chi connectivity index (χ1n) is 7.36. The Morgan fingerprint density at radius 3 is 2.75 bits per heavy atom. The fraction of sp³-hybridized carbons (Fsp3) is 0.353. The van der Waals surface area contributed by atoms with E-state index in [0.29, 0.717) is 0 Å². The van der Waals surface area contributed by atoms with Crippen molar-refractivity contribution in [1.29, 1.82) is 0 Å². The minimum absolute atomic E-state index is 0.810. The van der Waals surface area contributed by atoms with Crippen LogP contribution < -0.4 is 5.32 Å². The number of nitrogens with zero attached hydrogens (tertiary/aromatic N) is 1. The molecule has 1 aromatic heterocycles. The number of benzene rings is 1. The molecule has 0 spiro atoms. The molecule has 0 fully saturated rings. The Morgan fingerprint density at radius 2 is 2.05 bits per heavy atom. The molecule has 2 aromatic rings. The third-order valence-electron chi connectivity index (χ3n) is 3.91. The van der Waals surface area contributed by atoms with Crippen molar-refractivity contribution >= 4 is 0 Å². The second kappa shape index (κ2) is 6.53. The van der Waals surface area contributed by atoms with Crippen molar-refractivity contribution in [3.05, 3.63) is 54.2 Å². The van der Waals surface area contributed by atoms with Gasteiger partial charge in [0.2, 0.25) is 0 Å². The van der Waals surface area contributed by atoms with Gasteiger partial charge in [0, 0.05) is 12.7 Å². The van der Waals surface area contributed by atoms with Gasteiger partial charge >= 0.3 is 0 Å². The molecule has 3 heteroatoms. The lowest BCUT2D eigenvalue weighted by Crippen LogP contribution is -2.23. The normalized spacial score (nSPS) is 18.3.